The van der Waals surface area contributed by atoms with Crippen LogP contribution < -0.4 is 5.32 Å². The smallest absolute Gasteiger partial charge is 0.259 e. The molecule has 0 fully saturated rings. The molecule has 1 heterocycles. The molecule has 2 rings (SSSR count). The fourth-order valence-electron chi connectivity index (χ4n) is 1.27. The number of carbonyl (C=O) groups is 1. The zero-order valence-corrected chi connectivity index (χ0v) is 9.88. The summed E-state index contributed by atoms with van der Waals surface area (Å²) in [5, 5.41) is 9.24. The first kappa shape index (κ1) is 13.3. The van der Waals surface area contributed by atoms with Crippen molar-refractivity contribution in [2.75, 3.05) is 5.32 Å². The van der Waals surface area contributed by atoms with Crippen molar-refractivity contribution in [2.45, 2.75) is 0 Å². The van der Waals surface area contributed by atoms with Crippen molar-refractivity contribution in [3.8, 4) is 0 Å². The minimum Gasteiger partial charge on any atom is -0.305 e. The molecule has 0 spiro atoms. The second-order valence-electron chi connectivity index (χ2n) is 3.42. The Hall–Kier alpha value is -2.15. The number of halogens is 4. The summed E-state index contributed by atoms with van der Waals surface area (Å²) in [5.74, 6) is -5.64. The van der Waals surface area contributed by atoms with Crippen molar-refractivity contribution in [3.63, 3.8) is 0 Å². The molecule has 1 aromatic heterocycles. The SMILES string of the molecule is O=C(Nc1ccc(Cl)nn1)c1ccc(F)c(F)c1F. The van der Waals surface area contributed by atoms with Crippen molar-refractivity contribution in [3.05, 3.63) is 52.4 Å². The van der Waals surface area contributed by atoms with E-state index in [2.05, 4.69) is 15.5 Å². The summed E-state index contributed by atoms with van der Waals surface area (Å²) in [4.78, 5) is 11.6. The molecule has 4 nitrogen and oxygen atoms in total. The van der Waals surface area contributed by atoms with Gasteiger partial charge in [-0.2, -0.15) is 0 Å². The lowest BCUT2D eigenvalue weighted by Crippen LogP contribution is -2.16. The number of anilines is 1. The summed E-state index contributed by atoms with van der Waals surface area (Å²) in [6, 6.07) is 4.16. The van der Waals surface area contributed by atoms with Crippen LogP contribution in [0.2, 0.25) is 5.15 Å². The van der Waals surface area contributed by atoms with E-state index in [1.54, 1.807) is 0 Å². The Bertz CT molecular complexity index is 634. The van der Waals surface area contributed by atoms with E-state index in [1.165, 1.54) is 12.1 Å². The molecule has 1 N–H and O–H groups in total. The largest absolute Gasteiger partial charge is 0.305 e. The monoisotopic (exact) mass is 287 g/mol. The fraction of sp³-hybridized carbons (Fsp3) is 0. The van der Waals surface area contributed by atoms with E-state index in [4.69, 9.17) is 11.6 Å². The maximum Gasteiger partial charge on any atom is 0.259 e. The van der Waals surface area contributed by atoms with Gasteiger partial charge in [-0.05, 0) is 24.3 Å². The number of amides is 1. The van der Waals surface area contributed by atoms with E-state index in [9.17, 15) is 18.0 Å². The van der Waals surface area contributed by atoms with Gasteiger partial charge in [0.05, 0.1) is 5.56 Å². The molecule has 1 aromatic carbocycles. The standard InChI is InChI=1S/C11H5ClF3N3O/c12-7-3-4-8(18-17-7)16-11(19)5-1-2-6(13)10(15)9(5)14/h1-4H,(H,16,18,19). The number of rotatable bonds is 2. The van der Waals surface area contributed by atoms with Gasteiger partial charge in [-0.1, -0.05) is 11.6 Å². The number of carbonyl (C=O) groups excluding carboxylic acids is 1. The molecule has 2 aromatic rings. The van der Waals surface area contributed by atoms with Gasteiger partial charge in [0, 0.05) is 0 Å². The number of nitrogens with one attached hydrogen (secondary N) is 1. The summed E-state index contributed by atoms with van der Waals surface area (Å²) in [7, 11) is 0. The highest BCUT2D eigenvalue weighted by molar-refractivity contribution is 6.29. The highest BCUT2D eigenvalue weighted by Crippen LogP contribution is 2.16. The lowest BCUT2D eigenvalue weighted by atomic mass is 10.2. The summed E-state index contributed by atoms with van der Waals surface area (Å²) < 4.78 is 39.0. The lowest BCUT2D eigenvalue weighted by molar-refractivity contribution is 0.102. The molecular formula is C11H5ClF3N3O. The molecule has 0 saturated carbocycles. The average molecular weight is 288 g/mol. The van der Waals surface area contributed by atoms with Gasteiger partial charge in [-0.15, -0.1) is 10.2 Å². The summed E-state index contributed by atoms with van der Waals surface area (Å²) in [6.45, 7) is 0. The zero-order valence-electron chi connectivity index (χ0n) is 9.12. The molecule has 8 heteroatoms. The third kappa shape index (κ3) is 2.82. The highest BCUT2D eigenvalue weighted by atomic mass is 35.5. The second kappa shape index (κ2) is 5.23. The van der Waals surface area contributed by atoms with Crippen LogP contribution in [0.3, 0.4) is 0 Å². The molecule has 0 radical (unpaired) electrons. The van der Waals surface area contributed by atoms with Crippen LogP contribution in [0.1, 0.15) is 10.4 Å². The van der Waals surface area contributed by atoms with Crippen molar-refractivity contribution in [1.29, 1.82) is 0 Å². The van der Waals surface area contributed by atoms with Gasteiger partial charge in [-0.3, -0.25) is 4.79 Å². The Labute approximate surface area is 110 Å². The van der Waals surface area contributed by atoms with Crippen LogP contribution in [0.15, 0.2) is 24.3 Å². The zero-order chi connectivity index (χ0) is 14.0. The van der Waals surface area contributed by atoms with Crippen LogP contribution in [-0.2, 0) is 0 Å². The minimum atomic E-state index is -1.71. The average Bonchev–Trinajstić information content (AvgIpc) is 2.39. The molecule has 0 atom stereocenters. The number of benzene rings is 1. The molecule has 0 aliphatic rings. The van der Waals surface area contributed by atoms with Crippen molar-refractivity contribution in [2.24, 2.45) is 0 Å². The van der Waals surface area contributed by atoms with Gasteiger partial charge in [0.15, 0.2) is 28.4 Å². The molecule has 1 amide bonds. The van der Waals surface area contributed by atoms with Crippen molar-refractivity contribution < 1.29 is 18.0 Å². The van der Waals surface area contributed by atoms with Gasteiger partial charge in [0.2, 0.25) is 0 Å². The molecule has 0 saturated heterocycles. The normalized spacial score (nSPS) is 10.3. The lowest BCUT2D eigenvalue weighted by Gasteiger charge is -2.05. The van der Waals surface area contributed by atoms with E-state index >= 15 is 0 Å². The maximum absolute atomic E-state index is 13.3. The Balaban J connectivity index is 2.25. The molecular weight excluding hydrogens is 283 g/mol. The summed E-state index contributed by atoms with van der Waals surface area (Å²) in [6.07, 6.45) is 0. The van der Waals surface area contributed by atoms with E-state index in [0.29, 0.717) is 6.07 Å². The van der Waals surface area contributed by atoms with E-state index in [1.807, 2.05) is 0 Å². The topological polar surface area (TPSA) is 54.9 Å². The second-order valence-corrected chi connectivity index (χ2v) is 3.81. The summed E-state index contributed by atoms with van der Waals surface area (Å²) >= 11 is 5.49. The predicted octanol–water partition coefficient (Wildman–Crippen LogP) is 2.80. The predicted molar refractivity (Wildman–Crippen MR) is 61.3 cm³/mol. The van der Waals surface area contributed by atoms with E-state index in [-0.39, 0.29) is 11.0 Å². The van der Waals surface area contributed by atoms with Gasteiger partial charge < -0.3 is 5.32 Å². The highest BCUT2D eigenvalue weighted by Gasteiger charge is 2.19. The summed E-state index contributed by atoms with van der Waals surface area (Å²) in [5.41, 5.74) is -0.643. The van der Waals surface area contributed by atoms with Gasteiger partial charge >= 0.3 is 0 Å². The molecule has 19 heavy (non-hydrogen) atoms. The Morgan fingerprint density at radius 3 is 2.42 bits per heavy atom. The number of aromatic nitrogens is 2. The Morgan fingerprint density at radius 2 is 1.79 bits per heavy atom. The fourth-order valence-corrected chi connectivity index (χ4v) is 1.37. The molecule has 0 bridgehead atoms. The Morgan fingerprint density at radius 1 is 1.05 bits per heavy atom. The quantitative estimate of drug-likeness (QED) is 0.864. The number of hydrogen-bond acceptors (Lipinski definition) is 3. The third-order valence-corrected chi connectivity index (χ3v) is 2.35. The van der Waals surface area contributed by atoms with Crippen LogP contribution in [0.5, 0.6) is 0 Å². The Kier molecular flexibility index (Phi) is 3.66. The van der Waals surface area contributed by atoms with E-state index in [0.717, 1.165) is 6.07 Å². The first-order chi connectivity index (χ1) is 8.99. The van der Waals surface area contributed by atoms with Crippen LogP contribution in [-0.4, -0.2) is 16.1 Å². The van der Waals surface area contributed by atoms with E-state index < -0.39 is 28.9 Å². The molecule has 0 aliphatic carbocycles. The van der Waals surface area contributed by atoms with Gasteiger partial charge in [-0.25, -0.2) is 13.2 Å². The first-order valence-electron chi connectivity index (χ1n) is 4.93. The van der Waals surface area contributed by atoms with Crippen molar-refractivity contribution in [1.82, 2.24) is 10.2 Å². The molecule has 0 aliphatic heterocycles. The van der Waals surface area contributed by atoms with Crippen LogP contribution >= 0.6 is 11.6 Å². The van der Waals surface area contributed by atoms with Crippen LogP contribution in [0.4, 0.5) is 19.0 Å². The minimum absolute atomic E-state index is 0.00136. The van der Waals surface area contributed by atoms with Crippen LogP contribution in [0.25, 0.3) is 0 Å². The van der Waals surface area contributed by atoms with Gasteiger partial charge in [0.1, 0.15) is 0 Å². The molecule has 0 unspecified atom stereocenters. The van der Waals surface area contributed by atoms with Crippen molar-refractivity contribution >= 4 is 23.3 Å². The molecule has 98 valence electrons. The van der Waals surface area contributed by atoms with Gasteiger partial charge in [0.25, 0.3) is 5.91 Å². The first-order valence-corrected chi connectivity index (χ1v) is 5.31. The number of nitrogens with zero attached hydrogens (tertiary/aromatic N) is 2. The number of hydrogen-bond donors (Lipinski definition) is 1. The maximum atomic E-state index is 13.3. The third-order valence-electron chi connectivity index (χ3n) is 2.15. The van der Waals surface area contributed by atoms with Crippen LogP contribution in [0, 0.1) is 17.5 Å².